The number of ether oxygens (including phenoxy) is 1. The Morgan fingerprint density at radius 2 is 1.90 bits per heavy atom. The third kappa shape index (κ3) is 4.01. The number of nitrogens with one attached hydrogen (secondary N) is 2. The normalized spacial score (nSPS) is 10.7. The molecule has 8 nitrogen and oxygen atoms in total. The average Bonchev–Trinajstić information content (AvgIpc) is 3.13. The van der Waals surface area contributed by atoms with E-state index in [9.17, 15) is 4.79 Å². The number of aryl methyl sites for hydroxylation is 1. The first-order chi connectivity index (χ1) is 14.5. The number of nitrogens with two attached hydrogens (primary N) is 1. The summed E-state index contributed by atoms with van der Waals surface area (Å²) in [4.78, 5) is 25.2. The molecule has 2 aromatic heterocycles. The Balaban J connectivity index is 1.61. The fourth-order valence-corrected chi connectivity index (χ4v) is 3.85. The number of fused-ring (bicyclic) bond motifs is 1. The van der Waals surface area contributed by atoms with E-state index in [0.29, 0.717) is 40.3 Å². The first kappa shape index (κ1) is 19.6. The summed E-state index contributed by atoms with van der Waals surface area (Å²) in [6.07, 6.45) is 1.39. The quantitative estimate of drug-likeness (QED) is 0.386. The van der Waals surface area contributed by atoms with Crippen molar-refractivity contribution in [3.63, 3.8) is 0 Å². The molecule has 0 aliphatic carbocycles. The SMILES string of the molecule is CCOC(=O)c1ccccc1Nc1ncnc(Nc2nc3ccc(C)cc3s2)c1N. The number of nitrogens with zero attached hydrogens (tertiary/aromatic N) is 3. The molecule has 0 aliphatic heterocycles. The number of anilines is 5. The van der Waals surface area contributed by atoms with Gasteiger partial charge in [-0.15, -0.1) is 0 Å². The summed E-state index contributed by atoms with van der Waals surface area (Å²) in [7, 11) is 0. The van der Waals surface area contributed by atoms with Crippen molar-refractivity contribution in [2.45, 2.75) is 13.8 Å². The van der Waals surface area contributed by atoms with Gasteiger partial charge in [-0.3, -0.25) is 0 Å². The molecule has 0 radical (unpaired) electrons. The minimum Gasteiger partial charge on any atom is -0.462 e. The van der Waals surface area contributed by atoms with Crippen molar-refractivity contribution in [1.82, 2.24) is 15.0 Å². The number of thiazole rings is 1. The smallest absolute Gasteiger partial charge is 0.340 e. The number of hydrogen-bond acceptors (Lipinski definition) is 9. The molecule has 0 aliphatic rings. The molecule has 2 heterocycles. The van der Waals surface area contributed by atoms with Gasteiger partial charge in [0.05, 0.1) is 28.1 Å². The van der Waals surface area contributed by atoms with Crippen LogP contribution in [0.1, 0.15) is 22.8 Å². The number of carbonyl (C=O) groups excluding carboxylic acids is 1. The Hall–Kier alpha value is -3.72. The number of esters is 1. The van der Waals surface area contributed by atoms with E-state index in [-0.39, 0.29) is 0 Å². The van der Waals surface area contributed by atoms with Crippen molar-refractivity contribution in [2.24, 2.45) is 0 Å². The Kier molecular flexibility index (Phi) is 5.44. The third-order valence-electron chi connectivity index (χ3n) is 4.33. The van der Waals surface area contributed by atoms with Crippen LogP contribution in [-0.4, -0.2) is 27.5 Å². The van der Waals surface area contributed by atoms with E-state index in [4.69, 9.17) is 10.5 Å². The van der Waals surface area contributed by atoms with Crippen LogP contribution in [0.25, 0.3) is 10.2 Å². The van der Waals surface area contributed by atoms with Crippen LogP contribution in [0.5, 0.6) is 0 Å². The van der Waals surface area contributed by atoms with Crippen molar-refractivity contribution in [2.75, 3.05) is 23.0 Å². The monoisotopic (exact) mass is 420 g/mol. The lowest BCUT2D eigenvalue weighted by Gasteiger charge is -2.13. The predicted molar refractivity (Wildman–Crippen MR) is 120 cm³/mol. The van der Waals surface area contributed by atoms with Gasteiger partial charge in [0, 0.05) is 0 Å². The number of benzene rings is 2. The first-order valence-electron chi connectivity index (χ1n) is 9.33. The second kappa shape index (κ2) is 8.34. The highest BCUT2D eigenvalue weighted by molar-refractivity contribution is 7.22. The molecular formula is C21H20N6O2S. The van der Waals surface area contributed by atoms with Crippen LogP contribution in [0.4, 0.5) is 28.1 Å². The molecule has 9 heteroatoms. The Morgan fingerprint density at radius 1 is 1.13 bits per heavy atom. The van der Waals surface area contributed by atoms with Crippen molar-refractivity contribution in [1.29, 1.82) is 0 Å². The standard InChI is InChI=1S/C21H20N6O2S/c1-3-29-20(28)13-6-4-5-7-14(13)25-18-17(22)19(24-11-23-18)27-21-26-15-9-8-12(2)10-16(15)30-21/h4-11H,3,22H2,1-2H3,(H2,23,24,25,26,27). The molecule has 2 aromatic carbocycles. The van der Waals surface area contributed by atoms with E-state index in [1.165, 1.54) is 23.2 Å². The summed E-state index contributed by atoms with van der Waals surface area (Å²) in [5.41, 5.74) is 9.62. The number of aromatic nitrogens is 3. The lowest BCUT2D eigenvalue weighted by molar-refractivity contribution is 0.0527. The van der Waals surface area contributed by atoms with E-state index in [2.05, 4.69) is 31.7 Å². The average molecular weight is 420 g/mol. The predicted octanol–water partition coefficient (Wildman–Crippen LogP) is 4.64. The second-order valence-electron chi connectivity index (χ2n) is 6.49. The van der Waals surface area contributed by atoms with Crippen molar-refractivity contribution in [3.05, 3.63) is 59.9 Å². The number of para-hydroxylation sites is 1. The Morgan fingerprint density at radius 3 is 2.70 bits per heavy atom. The minimum absolute atomic E-state index is 0.290. The minimum atomic E-state index is -0.420. The highest BCUT2D eigenvalue weighted by Crippen LogP contribution is 2.33. The zero-order valence-corrected chi connectivity index (χ0v) is 17.3. The van der Waals surface area contributed by atoms with Gasteiger partial charge in [-0.05, 0) is 43.7 Å². The molecule has 0 fully saturated rings. The molecule has 4 aromatic rings. The molecule has 0 saturated carbocycles. The van der Waals surface area contributed by atoms with Crippen molar-refractivity contribution in [3.8, 4) is 0 Å². The van der Waals surface area contributed by atoms with Gasteiger partial charge >= 0.3 is 5.97 Å². The maximum atomic E-state index is 12.2. The molecule has 0 saturated heterocycles. The lowest BCUT2D eigenvalue weighted by Crippen LogP contribution is -2.10. The maximum Gasteiger partial charge on any atom is 0.340 e. The number of nitrogen functional groups attached to an aromatic ring is 1. The molecule has 4 rings (SSSR count). The molecule has 0 amide bonds. The van der Waals surface area contributed by atoms with Crippen LogP contribution in [-0.2, 0) is 4.74 Å². The molecular weight excluding hydrogens is 400 g/mol. The van der Waals surface area contributed by atoms with Crippen molar-refractivity contribution >= 4 is 55.7 Å². The van der Waals surface area contributed by atoms with E-state index < -0.39 is 5.97 Å². The third-order valence-corrected chi connectivity index (χ3v) is 5.26. The Bertz CT molecular complexity index is 1220. The molecule has 0 atom stereocenters. The highest BCUT2D eigenvalue weighted by Gasteiger charge is 2.15. The van der Waals surface area contributed by atoms with Gasteiger partial charge in [-0.1, -0.05) is 29.5 Å². The summed E-state index contributed by atoms with van der Waals surface area (Å²) >= 11 is 1.52. The largest absolute Gasteiger partial charge is 0.462 e. The van der Waals surface area contributed by atoms with Gasteiger partial charge in [0.25, 0.3) is 0 Å². The molecule has 0 spiro atoms. The van der Waals surface area contributed by atoms with Gasteiger partial charge in [-0.25, -0.2) is 19.7 Å². The summed E-state index contributed by atoms with van der Waals surface area (Å²) in [6.45, 7) is 4.09. The van der Waals surface area contributed by atoms with Gasteiger partial charge in [-0.2, -0.15) is 0 Å². The number of rotatable bonds is 6. The maximum absolute atomic E-state index is 12.2. The van der Waals surface area contributed by atoms with Crippen LogP contribution < -0.4 is 16.4 Å². The van der Waals surface area contributed by atoms with Crippen LogP contribution >= 0.6 is 11.3 Å². The number of carbonyl (C=O) groups is 1. The highest BCUT2D eigenvalue weighted by atomic mass is 32.1. The number of hydrogen-bond donors (Lipinski definition) is 3. The van der Waals surface area contributed by atoms with Crippen LogP contribution in [0, 0.1) is 6.92 Å². The molecule has 152 valence electrons. The summed E-state index contributed by atoms with van der Waals surface area (Å²) in [5, 5.41) is 6.95. The fraction of sp³-hybridized carbons (Fsp3) is 0.143. The van der Waals surface area contributed by atoms with Crippen LogP contribution in [0.2, 0.25) is 0 Å². The van der Waals surface area contributed by atoms with E-state index in [1.807, 2.05) is 25.1 Å². The summed E-state index contributed by atoms with van der Waals surface area (Å²) < 4.78 is 6.19. The fourth-order valence-electron chi connectivity index (χ4n) is 2.89. The first-order valence-corrected chi connectivity index (χ1v) is 10.1. The summed E-state index contributed by atoms with van der Waals surface area (Å²) in [6, 6.07) is 13.1. The topological polar surface area (TPSA) is 115 Å². The van der Waals surface area contributed by atoms with Crippen LogP contribution in [0.15, 0.2) is 48.8 Å². The zero-order chi connectivity index (χ0) is 21.1. The summed E-state index contributed by atoms with van der Waals surface area (Å²) in [5.74, 6) is 0.384. The van der Waals surface area contributed by atoms with E-state index in [1.54, 1.807) is 25.1 Å². The van der Waals surface area contributed by atoms with E-state index >= 15 is 0 Å². The van der Waals surface area contributed by atoms with E-state index in [0.717, 1.165) is 10.2 Å². The molecule has 30 heavy (non-hydrogen) atoms. The van der Waals surface area contributed by atoms with Gasteiger partial charge in [0.15, 0.2) is 16.8 Å². The molecule has 0 bridgehead atoms. The van der Waals surface area contributed by atoms with Crippen molar-refractivity contribution < 1.29 is 9.53 Å². The van der Waals surface area contributed by atoms with Gasteiger partial charge in [0.2, 0.25) is 0 Å². The van der Waals surface area contributed by atoms with Gasteiger partial charge in [0.1, 0.15) is 12.0 Å². The molecule has 0 unspecified atom stereocenters. The Labute approximate surface area is 177 Å². The zero-order valence-electron chi connectivity index (χ0n) is 16.5. The molecule has 4 N–H and O–H groups in total. The lowest BCUT2D eigenvalue weighted by atomic mass is 10.2. The second-order valence-corrected chi connectivity index (χ2v) is 7.52. The van der Waals surface area contributed by atoms with Crippen LogP contribution in [0.3, 0.4) is 0 Å². The van der Waals surface area contributed by atoms with Gasteiger partial charge < -0.3 is 21.1 Å².